The Kier molecular flexibility index (Phi) is 4.45. The number of fused-ring (bicyclic) bond motifs is 1. The third-order valence-corrected chi connectivity index (χ3v) is 4.87. The van der Waals surface area contributed by atoms with E-state index in [1.54, 1.807) is 0 Å². The van der Waals surface area contributed by atoms with Gasteiger partial charge in [0.15, 0.2) is 0 Å². The summed E-state index contributed by atoms with van der Waals surface area (Å²) in [6.45, 7) is 2.91. The molecule has 0 radical (unpaired) electrons. The molecule has 108 valence electrons. The zero-order valence-electron chi connectivity index (χ0n) is 11.4. The Morgan fingerprint density at radius 1 is 1.24 bits per heavy atom. The molecule has 2 heterocycles. The van der Waals surface area contributed by atoms with Crippen molar-refractivity contribution in [1.29, 1.82) is 0 Å². The first-order valence-corrected chi connectivity index (χ1v) is 8.29. The number of thiophene rings is 1. The Bertz CT molecular complexity index is 770. The van der Waals surface area contributed by atoms with Crippen LogP contribution in [0, 0.1) is 0 Å². The van der Waals surface area contributed by atoms with Crippen molar-refractivity contribution in [3.63, 3.8) is 0 Å². The number of benzene rings is 1. The van der Waals surface area contributed by atoms with Crippen LogP contribution >= 0.6 is 34.5 Å². The van der Waals surface area contributed by atoms with Crippen LogP contribution in [0.2, 0.25) is 8.67 Å². The maximum Gasteiger partial charge on any atom is 0.0995 e. The monoisotopic (exact) mass is 336 g/mol. The lowest BCUT2D eigenvalue weighted by Crippen LogP contribution is -2.21. The second kappa shape index (κ2) is 6.32. The summed E-state index contributed by atoms with van der Waals surface area (Å²) in [4.78, 5) is 4.53. The minimum Gasteiger partial charge on any atom is -0.306 e. The molecule has 21 heavy (non-hydrogen) atoms. The predicted octanol–water partition coefficient (Wildman–Crippen LogP) is 5.30. The quantitative estimate of drug-likeness (QED) is 0.698. The van der Waals surface area contributed by atoms with E-state index >= 15 is 0 Å². The average molecular weight is 337 g/mol. The fourth-order valence-corrected chi connectivity index (χ4v) is 3.94. The van der Waals surface area contributed by atoms with Gasteiger partial charge >= 0.3 is 0 Å². The first-order chi connectivity index (χ1) is 10.2. The highest BCUT2D eigenvalue weighted by Crippen LogP contribution is 2.37. The molecule has 0 fully saturated rings. The van der Waals surface area contributed by atoms with E-state index in [1.165, 1.54) is 11.3 Å². The van der Waals surface area contributed by atoms with E-state index in [0.717, 1.165) is 32.9 Å². The first kappa shape index (κ1) is 14.8. The Labute approximate surface area is 137 Å². The van der Waals surface area contributed by atoms with Gasteiger partial charge in [-0.25, -0.2) is 0 Å². The van der Waals surface area contributed by atoms with E-state index in [4.69, 9.17) is 23.2 Å². The van der Waals surface area contributed by atoms with Crippen molar-refractivity contribution >= 4 is 45.4 Å². The average Bonchev–Trinajstić information content (AvgIpc) is 2.83. The minimum absolute atomic E-state index is 0.00311. The number of pyridine rings is 1. The molecular formula is C16H14Cl2N2S. The van der Waals surface area contributed by atoms with Gasteiger partial charge in [-0.1, -0.05) is 48.3 Å². The summed E-state index contributed by atoms with van der Waals surface area (Å²) >= 11 is 13.8. The Morgan fingerprint density at radius 2 is 2.05 bits per heavy atom. The molecule has 1 N–H and O–H groups in total. The van der Waals surface area contributed by atoms with E-state index in [1.807, 2.05) is 30.5 Å². The molecule has 2 nitrogen and oxygen atoms in total. The van der Waals surface area contributed by atoms with Crippen molar-refractivity contribution < 1.29 is 0 Å². The Balaban J connectivity index is 2.08. The lowest BCUT2D eigenvalue weighted by molar-refractivity contribution is 0.631. The minimum atomic E-state index is 0.00311. The number of aromatic nitrogens is 1. The van der Waals surface area contributed by atoms with Crippen molar-refractivity contribution in [2.45, 2.75) is 13.0 Å². The van der Waals surface area contributed by atoms with Gasteiger partial charge in [0, 0.05) is 17.1 Å². The van der Waals surface area contributed by atoms with Gasteiger partial charge in [-0.15, -0.1) is 11.3 Å². The highest BCUT2D eigenvalue weighted by atomic mass is 35.5. The molecule has 0 aliphatic carbocycles. The molecule has 0 spiro atoms. The topological polar surface area (TPSA) is 24.9 Å². The molecule has 0 saturated carbocycles. The van der Waals surface area contributed by atoms with Crippen LogP contribution in [0.15, 0.2) is 42.6 Å². The van der Waals surface area contributed by atoms with Crippen LogP contribution in [0.4, 0.5) is 0 Å². The largest absolute Gasteiger partial charge is 0.306 e. The standard InChI is InChI=1S/C16H14Cl2N2S/c1-2-19-15(12-8-14(17)21-16(12)18)11-7-10-5-3-4-6-13(10)20-9-11/h3-9,15,19H,2H2,1H3. The van der Waals surface area contributed by atoms with Crippen molar-refractivity contribution in [2.75, 3.05) is 6.54 Å². The van der Waals surface area contributed by atoms with Gasteiger partial charge in [-0.3, -0.25) is 4.98 Å². The van der Waals surface area contributed by atoms with Crippen LogP contribution in [0.1, 0.15) is 24.1 Å². The fraction of sp³-hybridized carbons (Fsp3) is 0.188. The van der Waals surface area contributed by atoms with E-state index in [9.17, 15) is 0 Å². The van der Waals surface area contributed by atoms with Crippen LogP contribution < -0.4 is 5.32 Å². The summed E-state index contributed by atoms with van der Waals surface area (Å²) in [6.07, 6.45) is 1.90. The molecule has 5 heteroatoms. The second-order valence-corrected chi connectivity index (χ2v) is 7.02. The summed E-state index contributed by atoms with van der Waals surface area (Å²) < 4.78 is 1.42. The third kappa shape index (κ3) is 3.06. The van der Waals surface area contributed by atoms with Gasteiger partial charge in [0.25, 0.3) is 0 Å². The van der Waals surface area contributed by atoms with E-state index in [2.05, 4.69) is 29.4 Å². The molecule has 0 saturated heterocycles. The number of halogens is 2. The van der Waals surface area contributed by atoms with Crippen LogP contribution in [0.25, 0.3) is 10.9 Å². The van der Waals surface area contributed by atoms with E-state index < -0.39 is 0 Å². The molecule has 3 aromatic rings. The summed E-state index contributed by atoms with van der Waals surface area (Å²) in [5, 5.41) is 4.58. The summed E-state index contributed by atoms with van der Waals surface area (Å²) in [6, 6.07) is 12.2. The molecule has 0 bridgehead atoms. The number of para-hydroxylation sites is 1. The summed E-state index contributed by atoms with van der Waals surface area (Å²) in [5.74, 6) is 0. The predicted molar refractivity (Wildman–Crippen MR) is 91.6 cm³/mol. The van der Waals surface area contributed by atoms with Gasteiger partial charge in [0.05, 0.1) is 20.2 Å². The highest BCUT2D eigenvalue weighted by molar-refractivity contribution is 7.20. The third-order valence-electron chi connectivity index (χ3n) is 3.35. The van der Waals surface area contributed by atoms with Gasteiger partial charge in [-0.2, -0.15) is 0 Å². The van der Waals surface area contributed by atoms with Crippen molar-refractivity contribution in [1.82, 2.24) is 10.3 Å². The number of nitrogens with one attached hydrogen (secondary N) is 1. The molecule has 0 aliphatic rings. The molecule has 0 amide bonds. The van der Waals surface area contributed by atoms with Crippen molar-refractivity contribution in [3.05, 3.63) is 62.4 Å². The fourth-order valence-electron chi connectivity index (χ4n) is 2.41. The molecule has 2 aromatic heterocycles. The van der Waals surface area contributed by atoms with Gasteiger partial charge in [0.1, 0.15) is 0 Å². The molecule has 0 aliphatic heterocycles. The van der Waals surface area contributed by atoms with Crippen molar-refractivity contribution in [2.24, 2.45) is 0 Å². The van der Waals surface area contributed by atoms with E-state index in [0.29, 0.717) is 4.34 Å². The van der Waals surface area contributed by atoms with Crippen molar-refractivity contribution in [3.8, 4) is 0 Å². The van der Waals surface area contributed by atoms with Crippen LogP contribution in [0.5, 0.6) is 0 Å². The highest BCUT2D eigenvalue weighted by Gasteiger charge is 2.19. The normalized spacial score (nSPS) is 12.7. The Morgan fingerprint density at radius 3 is 2.76 bits per heavy atom. The smallest absolute Gasteiger partial charge is 0.0995 e. The van der Waals surface area contributed by atoms with Gasteiger partial charge in [0.2, 0.25) is 0 Å². The molecule has 1 aromatic carbocycles. The number of nitrogens with zero attached hydrogens (tertiary/aromatic N) is 1. The SMILES string of the molecule is CCNC(c1cnc2ccccc2c1)c1cc(Cl)sc1Cl. The number of hydrogen-bond acceptors (Lipinski definition) is 3. The molecule has 1 atom stereocenters. The lowest BCUT2D eigenvalue weighted by atomic mass is 10.0. The summed E-state index contributed by atoms with van der Waals surface area (Å²) in [7, 11) is 0. The van der Waals surface area contributed by atoms with Gasteiger partial charge in [-0.05, 0) is 30.3 Å². The van der Waals surface area contributed by atoms with Crippen LogP contribution in [-0.2, 0) is 0 Å². The maximum absolute atomic E-state index is 6.32. The molecular weight excluding hydrogens is 323 g/mol. The van der Waals surface area contributed by atoms with Crippen LogP contribution in [-0.4, -0.2) is 11.5 Å². The van der Waals surface area contributed by atoms with Crippen LogP contribution in [0.3, 0.4) is 0 Å². The zero-order chi connectivity index (χ0) is 14.8. The number of hydrogen-bond donors (Lipinski definition) is 1. The molecule has 3 rings (SSSR count). The maximum atomic E-state index is 6.32. The van der Waals surface area contributed by atoms with E-state index in [-0.39, 0.29) is 6.04 Å². The summed E-state index contributed by atoms with van der Waals surface area (Å²) in [5.41, 5.74) is 3.09. The zero-order valence-corrected chi connectivity index (χ0v) is 13.8. The second-order valence-electron chi connectivity index (χ2n) is 4.73. The lowest BCUT2D eigenvalue weighted by Gasteiger charge is -2.18. The molecule has 1 unspecified atom stereocenters. The first-order valence-electron chi connectivity index (χ1n) is 6.72. The Hall–Kier alpha value is -1.13. The van der Waals surface area contributed by atoms with Gasteiger partial charge < -0.3 is 5.32 Å². The number of rotatable bonds is 4.